The van der Waals surface area contributed by atoms with Crippen LogP contribution in [0, 0.1) is 6.92 Å². The Labute approximate surface area is 109 Å². The second kappa shape index (κ2) is 6.82. The summed E-state index contributed by atoms with van der Waals surface area (Å²) in [5.41, 5.74) is 2.22. The van der Waals surface area contributed by atoms with Crippen LogP contribution in [0.5, 0.6) is 0 Å². The van der Waals surface area contributed by atoms with Gasteiger partial charge in [-0.2, -0.15) is 0 Å². The van der Waals surface area contributed by atoms with Crippen molar-refractivity contribution in [1.29, 1.82) is 0 Å². The lowest BCUT2D eigenvalue weighted by atomic mass is 10.2. The van der Waals surface area contributed by atoms with E-state index in [0.29, 0.717) is 18.5 Å². The molecule has 0 N–H and O–H groups in total. The minimum absolute atomic E-state index is 0.401. The first kappa shape index (κ1) is 14.3. The Morgan fingerprint density at radius 3 is 2.65 bits per heavy atom. The zero-order valence-corrected chi connectivity index (χ0v) is 11.8. The van der Waals surface area contributed by atoms with Gasteiger partial charge in [-0.3, -0.25) is 0 Å². The quantitative estimate of drug-likeness (QED) is 0.732. The highest BCUT2D eigenvalue weighted by Gasteiger charge is 2.14. The van der Waals surface area contributed by atoms with E-state index in [4.69, 9.17) is 16.3 Å². The number of aryl methyl sites for hydroxylation is 1. The summed E-state index contributed by atoms with van der Waals surface area (Å²) in [4.78, 5) is 6.76. The van der Waals surface area contributed by atoms with Crippen molar-refractivity contribution in [2.24, 2.45) is 0 Å². The molecule has 0 atom stereocenters. The summed E-state index contributed by atoms with van der Waals surface area (Å²) < 4.78 is 5.14. The third-order valence-electron chi connectivity index (χ3n) is 2.69. The molecular weight excluding hydrogens is 236 g/mol. The molecule has 0 amide bonds. The van der Waals surface area contributed by atoms with Crippen molar-refractivity contribution in [3.8, 4) is 0 Å². The first-order valence-electron chi connectivity index (χ1n) is 5.87. The summed E-state index contributed by atoms with van der Waals surface area (Å²) in [7, 11) is 1.72. The molecule has 1 aromatic rings. The first-order valence-corrected chi connectivity index (χ1v) is 6.40. The molecule has 1 heterocycles. The van der Waals surface area contributed by atoms with Crippen molar-refractivity contribution < 1.29 is 4.74 Å². The lowest BCUT2D eigenvalue weighted by Gasteiger charge is -2.29. The van der Waals surface area contributed by atoms with Crippen molar-refractivity contribution in [3.63, 3.8) is 0 Å². The number of rotatable bonds is 6. The summed E-state index contributed by atoms with van der Waals surface area (Å²) in [6.07, 6.45) is 1.84. The Bertz CT molecular complexity index is 355. The molecule has 0 fully saturated rings. The third-order valence-corrected chi connectivity index (χ3v) is 3.00. The van der Waals surface area contributed by atoms with Gasteiger partial charge in [0.05, 0.1) is 6.61 Å². The Morgan fingerprint density at radius 2 is 2.18 bits per heavy atom. The molecule has 0 aliphatic rings. The van der Waals surface area contributed by atoms with Gasteiger partial charge in [-0.05, 0) is 38.0 Å². The number of methoxy groups -OCH3 is 1. The van der Waals surface area contributed by atoms with Gasteiger partial charge in [0, 0.05) is 31.8 Å². The van der Waals surface area contributed by atoms with Crippen LogP contribution in [-0.4, -0.2) is 31.3 Å². The number of nitrogens with zero attached hydrogens (tertiary/aromatic N) is 2. The Balaban J connectivity index is 2.93. The van der Waals surface area contributed by atoms with Crippen LogP contribution in [0.25, 0.3) is 0 Å². The Hall–Kier alpha value is -0.800. The number of pyridine rings is 1. The molecular formula is C13H21ClN2O. The molecule has 0 aliphatic heterocycles. The highest BCUT2D eigenvalue weighted by molar-refractivity contribution is 6.17. The molecule has 0 unspecified atom stereocenters. The summed E-state index contributed by atoms with van der Waals surface area (Å²) in [6.45, 7) is 7.94. The van der Waals surface area contributed by atoms with Crippen molar-refractivity contribution in [2.45, 2.75) is 32.7 Å². The normalized spacial score (nSPS) is 10.9. The zero-order chi connectivity index (χ0) is 12.8. The average molecular weight is 257 g/mol. The van der Waals surface area contributed by atoms with Crippen molar-refractivity contribution >= 4 is 17.4 Å². The van der Waals surface area contributed by atoms with Crippen LogP contribution in [0.2, 0.25) is 0 Å². The molecule has 1 rings (SSSR count). The van der Waals surface area contributed by atoms with Crippen LogP contribution >= 0.6 is 11.6 Å². The first-order chi connectivity index (χ1) is 8.10. The number of anilines is 1. The SMILES string of the molecule is COCCN(c1ncc(CCl)cc1C)C(C)C. The van der Waals surface area contributed by atoms with E-state index in [0.717, 1.165) is 23.5 Å². The Morgan fingerprint density at radius 1 is 1.47 bits per heavy atom. The number of hydrogen-bond donors (Lipinski definition) is 0. The predicted octanol–water partition coefficient (Wildman–Crippen LogP) is 2.99. The molecule has 3 nitrogen and oxygen atoms in total. The molecule has 0 saturated heterocycles. The smallest absolute Gasteiger partial charge is 0.131 e. The number of halogens is 1. The zero-order valence-electron chi connectivity index (χ0n) is 11.0. The van der Waals surface area contributed by atoms with Gasteiger partial charge in [-0.15, -0.1) is 11.6 Å². The number of ether oxygens (including phenoxy) is 1. The lowest BCUT2D eigenvalue weighted by molar-refractivity contribution is 0.203. The standard InChI is InChI=1S/C13H21ClN2O/c1-10(2)16(5-6-17-4)13-11(3)7-12(8-14)9-15-13/h7,9-10H,5-6,8H2,1-4H3. The molecule has 4 heteroatoms. The fourth-order valence-electron chi connectivity index (χ4n) is 1.80. The molecule has 0 saturated carbocycles. The van der Waals surface area contributed by atoms with Crippen LogP contribution < -0.4 is 4.90 Å². The summed E-state index contributed by atoms with van der Waals surface area (Å²) in [5, 5.41) is 0. The van der Waals surface area contributed by atoms with Gasteiger partial charge in [-0.1, -0.05) is 0 Å². The maximum Gasteiger partial charge on any atom is 0.131 e. The molecule has 0 spiro atoms. The van der Waals surface area contributed by atoms with Gasteiger partial charge in [0.2, 0.25) is 0 Å². The van der Waals surface area contributed by atoms with Crippen molar-refractivity contribution in [2.75, 3.05) is 25.2 Å². The fourth-order valence-corrected chi connectivity index (χ4v) is 1.94. The maximum atomic E-state index is 5.80. The number of aromatic nitrogens is 1. The van der Waals surface area contributed by atoms with Crippen LogP contribution in [0.15, 0.2) is 12.3 Å². The number of alkyl halides is 1. The maximum absolute atomic E-state index is 5.80. The van der Waals surface area contributed by atoms with E-state index in [-0.39, 0.29) is 0 Å². The molecule has 0 aromatic carbocycles. The molecule has 17 heavy (non-hydrogen) atoms. The second-order valence-electron chi connectivity index (χ2n) is 4.40. The van der Waals surface area contributed by atoms with Crippen LogP contribution in [0.1, 0.15) is 25.0 Å². The van der Waals surface area contributed by atoms with Gasteiger partial charge in [0.25, 0.3) is 0 Å². The van der Waals surface area contributed by atoms with E-state index in [1.54, 1.807) is 7.11 Å². The van der Waals surface area contributed by atoms with E-state index < -0.39 is 0 Å². The van der Waals surface area contributed by atoms with Gasteiger partial charge < -0.3 is 9.64 Å². The predicted molar refractivity (Wildman–Crippen MR) is 72.9 cm³/mol. The minimum Gasteiger partial charge on any atom is -0.383 e. The summed E-state index contributed by atoms with van der Waals surface area (Å²) >= 11 is 5.80. The lowest BCUT2D eigenvalue weighted by Crippen LogP contribution is -2.35. The van der Waals surface area contributed by atoms with E-state index in [1.807, 2.05) is 6.20 Å². The molecule has 0 aliphatic carbocycles. The van der Waals surface area contributed by atoms with Gasteiger partial charge in [-0.25, -0.2) is 4.98 Å². The van der Waals surface area contributed by atoms with Crippen molar-refractivity contribution in [1.82, 2.24) is 4.98 Å². The van der Waals surface area contributed by atoms with Gasteiger partial charge in [0.15, 0.2) is 0 Å². The van der Waals surface area contributed by atoms with Gasteiger partial charge in [0.1, 0.15) is 5.82 Å². The third kappa shape index (κ3) is 3.86. The monoisotopic (exact) mass is 256 g/mol. The highest BCUT2D eigenvalue weighted by Crippen LogP contribution is 2.20. The van der Waals surface area contributed by atoms with E-state index >= 15 is 0 Å². The molecule has 0 radical (unpaired) electrons. The van der Waals surface area contributed by atoms with Gasteiger partial charge >= 0.3 is 0 Å². The summed E-state index contributed by atoms with van der Waals surface area (Å²) in [5.74, 6) is 1.53. The summed E-state index contributed by atoms with van der Waals surface area (Å²) in [6, 6.07) is 2.50. The fraction of sp³-hybridized carbons (Fsp3) is 0.615. The van der Waals surface area contributed by atoms with Crippen LogP contribution in [0.3, 0.4) is 0 Å². The number of hydrogen-bond acceptors (Lipinski definition) is 3. The molecule has 1 aromatic heterocycles. The largest absolute Gasteiger partial charge is 0.383 e. The topological polar surface area (TPSA) is 25.4 Å². The van der Waals surface area contributed by atoms with Crippen LogP contribution in [-0.2, 0) is 10.6 Å². The van der Waals surface area contributed by atoms with Crippen LogP contribution in [0.4, 0.5) is 5.82 Å². The van der Waals surface area contributed by atoms with E-state index in [1.165, 1.54) is 0 Å². The molecule has 0 bridgehead atoms. The van der Waals surface area contributed by atoms with Crippen molar-refractivity contribution in [3.05, 3.63) is 23.4 Å². The average Bonchev–Trinajstić information content (AvgIpc) is 2.30. The second-order valence-corrected chi connectivity index (χ2v) is 4.66. The van der Waals surface area contributed by atoms with E-state index in [9.17, 15) is 0 Å². The highest BCUT2D eigenvalue weighted by atomic mass is 35.5. The minimum atomic E-state index is 0.401. The van der Waals surface area contributed by atoms with E-state index in [2.05, 4.69) is 36.7 Å². The molecule has 96 valence electrons. The Kier molecular flexibility index (Phi) is 5.72.